The van der Waals surface area contributed by atoms with Gasteiger partial charge in [0.25, 0.3) is 0 Å². The molecule has 1 aliphatic rings. The molecule has 0 unspecified atom stereocenters. The van der Waals surface area contributed by atoms with Gasteiger partial charge < -0.3 is 5.11 Å². The van der Waals surface area contributed by atoms with Gasteiger partial charge in [-0.2, -0.15) is 4.31 Å². The molecule has 1 aromatic carbocycles. The van der Waals surface area contributed by atoms with E-state index in [0.29, 0.717) is 18.9 Å². The summed E-state index contributed by atoms with van der Waals surface area (Å²) >= 11 is 0. The Hall–Kier alpha value is -1.12. The van der Waals surface area contributed by atoms with E-state index in [4.69, 9.17) is 5.11 Å². The number of aliphatic hydroxyl groups excluding tert-OH is 1. The zero-order valence-electron chi connectivity index (χ0n) is 11.2. The molecular weight excluding hydrogens is 307 g/mol. The van der Waals surface area contributed by atoms with Crippen LogP contribution in [0.3, 0.4) is 0 Å². The van der Waals surface area contributed by atoms with Crippen molar-refractivity contribution in [1.82, 2.24) is 4.31 Å². The molecule has 0 bridgehead atoms. The van der Waals surface area contributed by atoms with E-state index in [1.54, 1.807) is 0 Å². The fourth-order valence-electron chi connectivity index (χ4n) is 2.23. The summed E-state index contributed by atoms with van der Waals surface area (Å²) < 4.78 is 66.0. The smallest absolute Gasteiger partial charge is 0.246 e. The van der Waals surface area contributed by atoms with Crippen LogP contribution < -0.4 is 0 Å². The summed E-state index contributed by atoms with van der Waals surface area (Å²) in [6.45, 7) is -0.194. The van der Waals surface area contributed by atoms with Gasteiger partial charge in [0.05, 0.1) is 0 Å². The van der Waals surface area contributed by atoms with Crippen LogP contribution in [0.2, 0.25) is 0 Å². The van der Waals surface area contributed by atoms with Crippen LogP contribution in [-0.2, 0) is 10.0 Å². The summed E-state index contributed by atoms with van der Waals surface area (Å²) in [5.74, 6) is -4.94. The summed E-state index contributed by atoms with van der Waals surface area (Å²) in [4.78, 5) is -0.869. The first-order chi connectivity index (χ1) is 9.89. The summed E-state index contributed by atoms with van der Waals surface area (Å²) in [5.41, 5.74) is 0. The van der Waals surface area contributed by atoms with E-state index in [-0.39, 0.29) is 25.6 Å². The first-order valence-electron chi connectivity index (χ1n) is 6.65. The van der Waals surface area contributed by atoms with E-state index in [1.807, 2.05) is 0 Å². The van der Waals surface area contributed by atoms with Crippen molar-refractivity contribution in [2.75, 3.05) is 13.2 Å². The van der Waals surface area contributed by atoms with Crippen molar-refractivity contribution < 1.29 is 26.7 Å². The van der Waals surface area contributed by atoms with Crippen molar-refractivity contribution >= 4 is 10.0 Å². The van der Waals surface area contributed by atoms with Crippen molar-refractivity contribution in [3.63, 3.8) is 0 Å². The lowest BCUT2D eigenvalue weighted by Gasteiger charge is -2.36. The second-order valence-electron chi connectivity index (χ2n) is 4.95. The van der Waals surface area contributed by atoms with Gasteiger partial charge in [0.1, 0.15) is 4.90 Å². The monoisotopic (exact) mass is 323 g/mol. The first kappa shape index (κ1) is 16.3. The van der Waals surface area contributed by atoms with E-state index >= 15 is 0 Å². The molecule has 1 fully saturated rings. The minimum absolute atomic E-state index is 0.0158. The van der Waals surface area contributed by atoms with E-state index in [1.165, 1.54) is 0 Å². The number of hydrogen-bond acceptors (Lipinski definition) is 3. The fraction of sp³-hybridized carbons (Fsp3) is 0.538. The molecule has 1 N–H and O–H groups in total. The van der Waals surface area contributed by atoms with Gasteiger partial charge in [0.15, 0.2) is 17.5 Å². The number of aliphatic hydroxyl groups is 1. The predicted molar refractivity (Wildman–Crippen MR) is 69.5 cm³/mol. The van der Waals surface area contributed by atoms with Crippen LogP contribution in [0.15, 0.2) is 17.0 Å². The van der Waals surface area contributed by atoms with E-state index in [2.05, 4.69) is 0 Å². The highest BCUT2D eigenvalue weighted by atomic mass is 32.2. The van der Waals surface area contributed by atoms with Crippen LogP contribution in [0.5, 0.6) is 0 Å². The number of nitrogens with zero attached hydrogens (tertiary/aromatic N) is 1. The molecule has 0 spiro atoms. The zero-order chi connectivity index (χ0) is 15.6. The highest BCUT2D eigenvalue weighted by molar-refractivity contribution is 7.89. The fourth-order valence-corrected chi connectivity index (χ4v) is 4.02. The van der Waals surface area contributed by atoms with Gasteiger partial charge in [-0.1, -0.05) is 6.42 Å². The van der Waals surface area contributed by atoms with Crippen molar-refractivity contribution in [3.05, 3.63) is 29.6 Å². The van der Waals surface area contributed by atoms with Crippen molar-refractivity contribution in [2.45, 2.75) is 36.6 Å². The Morgan fingerprint density at radius 3 is 2.38 bits per heavy atom. The molecule has 1 saturated carbocycles. The second-order valence-corrected chi connectivity index (χ2v) is 6.81. The lowest BCUT2D eigenvalue weighted by atomic mass is 9.93. The summed E-state index contributed by atoms with van der Waals surface area (Å²) in [6, 6.07) is 1.04. The zero-order valence-corrected chi connectivity index (χ0v) is 12.0. The van der Waals surface area contributed by atoms with Crippen LogP contribution in [0.1, 0.15) is 25.7 Å². The highest BCUT2D eigenvalue weighted by Crippen LogP contribution is 2.31. The second kappa shape index (κ2) is 6.33. The maximum Gasteiger partial charge on any atom is 0.246 e. The number of hydrogen-bond donors (Lipinski definition) is 1. The topological polar surface area (TPSA) is 57.6 Å². The molecule has 0 aromatic heterocycles. The van der Waals surface area contributed by atoms with Gasteiger partial charge >= 0.3 is 0 Å². The third kappa shape index (κ3) is 3.07. The van der Waals surface area contributed by atoms with Gasteiger partial charge in [-0.25, -0.2) is 21.6 Å². The van der Waals surface area contributed by atoms with E-state index < -0.39 is 32.4 Å². The molecule has 1 aliphatic carbocycles. The molecule has 2 rings (SSSR count). The van der Waals surface area contributed by atoms with Gasteiger partial charge in [-0.3, -0.25) is 0 Å². The van der Waals surface area contributed by atoms with Gasteiger partial charge in [0, 0.05) is 19.2 Å². The Kier molecular flexibility index (Phi) is 4.90. The quantitative estimate of drug-likeness (QED) is 0.815. The van der Waals surface area contributed by atoms with Gasteiger partial charge in [-0.05, 0) is 31.4 Å². The normalized spacial score (nSPS) is 16.2. The van der Waals surface area contributed by atoms with Crippen molar-refractivity contribution in [2.24, 2.45) is 0 Å². The molecule has 1 aromatic rings. The average molecular weight is 323 g/mol. The summed E-state index contributed by atoms with van der Waals surface area (Å²) in [7, 11) is -4.26. The van der Waals surface area contributed by atoms with Crippen LogP contribution in [-0.4, -0.2) is 37.0 Å². The molecule has 8 heteroatoms. The lowest BCUT2D eigenvalue weighted by Crippen LogP contribution is -2.45. The molecule has 0 saturated heterocycles. The Balaban J connectivity index is 2.40. The van der Waals surface area contributed by atoms with Crippen molar-refractivity contribution in [1.29, 1.82) is 0 Å². The lowest BCUT2D eigenvalue weighted by molar-refractivity contribution is 0.198. The Morgan fingerprint density at radius 1 is 1.19 bits per heavy atom. The van der Waals surface area contributed by atoms with Gasteiger partial charge in [0.2, 0.25) is 10.0 Å². The third-order valence-electron chi connectivity index (χ3n) is 3.60. The molecule has 4 nitrogen and oxygen atoms in total. The molecule has 0 atom stereocenters. The molecule has 0 amide bonds. The molecular formula is C13H16F3NO3S. The Bertz CT molecular complexity index is 617. The number of halogens is 3. The standard InChI is InChI=1S/C13H16F3NO3S/c14-10-5-6-11(13(16)12(10)15)21(19,20)17(7-2-8-18)9-3-1-4-9/h5-6,9,18H,1-4,7-8H2. The van der Waals surface area contributed by atoms with Gasteiger partial charge in [-0.15, -0.1) is 0 Å². The number of sulfonamides is 1. The first-order valence-corrected chi connectivity index (χ1v) is 8.09. The summed E-state index contributed by atoms with van der Waals surface area (Å²) in [5, 5.41) is 8.85. The maximum absolute atomic E-state index is 13.8. The molecule has 0 heterocycles. The van der Waals surface area contributed by atoms with Crippen LogP contribution in [0, 0.1) is 17.5 Å². The van der Waals surface area contributed by atoms with Crippen molar-refractivity contribution in [3.8, 4) is 0 Å². The SMILES string of the molecule is O=S(=O)(c1ccc(F)c(F)c1F)N(CCCO)C1CCC1. The number of rotatable bonds is 6. The van der Waals surface area contributed by atoms with E-state index in [0.717, 1.165) is 16.8 Å². The summed E-state index contributed by atoms with van der Waals surface area (Å²) in [6.07, 6.45) is 2.32. The largest absolute Gasteiger partial charge is 0.396 e. The molecule has 0 radical (unpaired) electrons. The molecule has 21 heavy (non-hydrogen) atoms. The van der Waals surface area contributed by atoms with Crippen LogP contribution in [0.25, 0.3) is 0 Å². The predicted octanol–water partition coefficient (Wildman–Crippen LogP) is 2.03. The molecule has 118 valence electrons. The maximum atomic E-state index is 13.8. The van der Waals surface area contributed by atoms with Crippen LogP contribution in [0.4, 0.5) is 13.2 Å². The average Bonchev–Trinajstić information content (AvgIpc) is 2.38. The van der Waals surface area contributed by atoms with Crippen LogP contribution >= 0.6 is 0 Å². The minimum atomic E-state index is -4.26. The highest BCUT2D eigenvalue weighted by Gasteiger charge is 2.36. The minimum Gasteiger partial charge on any atom is -0.396 e. The van der Waals surface area contributed by atoms with E-state index in [9.17, 15) is 21.6 Å². The Morgan fingerprint density at radius 2 is 1.86 bits per heavy atom. The number of benzene rings is 1. The third-order valence-corrected chi connectivity index (χ3v) is 5.57. The Labute approximate surface area is 121 Å². The molecule has 0 aliphatic heterocycles.